The number of rotatable bonds is 2. The van der Waals surface area contributed by atoms with Crippen LogP contribution in [0.2, 0.25) is 0 Å². The fourth-order valence-electron chi connectivity index (χ4n) is 2.31. The van der Waals surface area contributed by atoms with Gasteiger partial charge in [0.05, 0.1) is 0 Å². The van der Waals surface area contributed by atoms with Crippen LogP contribution in [0.5, 0.6) is 0 Å². The fourth-order valence-corrected chi connectivity index (χ4v) is 2.31. The second kappa shape index (κ2) is 5.89. The van der Waals surface area contributed by atoms with Crippen LogP contribution < -0.4 is 5.32 Å². The number of alkyl halides is 1. The molecule has 2 fully saturated rings. The van der Waals surface area contributed by atoms with Crippen LogP contribution in [0.1, 0.15) is 25.7 Å². The highest BCUT2D eigenvalue weighted by Crippen LogP contribution is 2.15. The first-order chi connectivity index (χ1) is 6.34. The molecule has 2 aliphatic rings. The van der Waals surface area contributed by atoms with Crippen molar-refractivity contribution in [2.24, 2.45) is 0 Å². The number of piperidine rings is 1. The van der Waals surface area contributed by atoms with E-state index in [1.165, 1.54) is 19.4 Å². The summed E-state index contributed by atoms with van der Waals surface area (Å²) in [5, 5.41) is 3.48. The summed E-state index contributed by atoms with van der Waals surface area (Å²) in [6, 6.07) is 0.677. The van der Waals surface area contributed by atoms with Crippen molar-refractivity contribution >= 4 is 12.4 Å². The van der Waals surface area contributed by atoms with Crippen molar-refractivity contribution in [1.82, 2.24) is 10.2 Å². The van der Waals surface area contributed by atoms with E-state index in [0.717, 1.165) is 32.5 Å². The van der Waals surface area contributed by atoms with Crippen molar-refractivity contribution in [3.8, 4) is 0 Å². The van der Waals surface area contributed by atoms with E-state index in [1.54, 1.807) is 0 Å². The summed E-state index contributed by atoms with van der Waals surface area (Å²) >= 11 is 0. The summed E-state index contributed by atoms with van der Waals surface area (Å²) in [7, 11) is 0. The van der Waals surface area contributed by atoms with Crippen molar-refractivity contribution in [3.63, 3.8) is 0 Å². The quantitative estimate of drug-likeness (QED) is 0.764. The third-order valence-electron chi connectivity index (χ3n) is 3.16. The van der Waals surface area contributed by atoms with Crippen LogP contribution in [0.3, 0.4) is 0 Å². The molecule has 0 spiro atoms. The van der Waals surface area contributed by atoms with Crippen molar-refractivity contribution in [2.75, 3.05) is 26.2 Å². The third-order valence-corrected chi connectivity index (χ3v) is 3.16. The van der Waals surface area contributed by atoms with E-state index >= 15 is 0 Å². The van der Waals surface area contributed by atoms with Gasteiger partial charge in [0.1, 0.15) is 6.17 Å². The molecular formula is C10H20ClFN2. The maximum atomic E-state index is 12.8. The smallest absolute Gasteiger partial charge is 0.103 e. The van der Waals surface area contributed by atoms with Crippen molar-refractivity contribution in [1.29, 1.82) is 0 Å². The van der Waals surface area contributed by atoms with Crippen molar-refractivity contribution in [2.45, 2.75) is 37.9 Å². The minimum Gasteiger partial charge on any atom is -0.313 e. The molecular weight excluding hydrogens is 203 g/mol. The lowest BCUT2D eigenvalue weighted by Crippen LogP contribution is -2.42. The van der Waals surface area contributed by atoms with Gasteiger partial charge in [0.2, 0.25) is 0 Å². The number of nitrogens with one attached hydrogen (secondary N) is 1. The van der Waals surface area contributed by atoms with Crippen LogP contribution in [0.4, 0.5) is 4.39 Å². The molecule has 4 heteroatoms. The lowest BCUT2D eigenvalue weighted by atomic mass is 10.1. The third kappa shape index (κ3) is 3.37. The molecule has 14 heavy (non-hydrogen) atoms. The molecule has 2 rings (SSSR count). The molecule has 0 saturated carbocycles. The van der Waals surface area contributed by atoms with E-state index < -0.39 is 6.17 Å². The molecule has 0 unspecified atom stereocenters. The second-order valence-corrected chi connectivity index (χ2v) is 4.27. The Bertz CT molecular complexity index is 154. The van der Waals surface area contributed by atoms with Crippen LogP contribution in [0.15, 0.2) is 0 Å². The molecule has 0 radical (unpaired) electrons. The first kappa shape index (κ1) is 12.2. The number of likely N-dealkylation sites (tertiary alicyclic amines) is 1. The van der Waals surface area contributed by atoms with Crippen LogP contribution in [-0.4, -0.2) is 43.3 Å². The number of halogens is 2. The highest BCUT2D eigenvalue weighted by molar-refractivity contribution is 5.85. The van der Waals surface area contributed by atoms with Gasteiger partial charge in [-0.05, 0) is 32.2 Å². The van der Waals surface area contributed by atoms with Crippen molar-refractivity contribution in [3.05, 3.63) is 0 Å². The molecule has 0 bridgehead atoms. The van der Waals surface area contributed by atoms with E-state index in [4.69, 9.17) is 0 Å². The molecule has 0 aromatic rings. The predicted octanol–water partition coefficient (Wildman–Crippen LogP) is 1.59. The number of hydrogen-bond donors (Lipinski definition) is 1. The summed E-state index contributed by atoms with van der Waals surface area (Å²) in [6.45, 7) is 4.22. The molecule has 0 aromatic heterocycles. The molecule has 2 nitrogen and oxygen atoms in total. The molecule has 2 saturated heterocycles. The fraction of sp³-hybridized carbons (Fsp3) is 1.00. The van der Waals surface area contributed by atoms with Gasteiger partial charge in [-0.1, -0.05) is 0 Å². The summed E-state index contributed by atoms with van der Waals surface area (Å²) in [5.41, 5.74) is 0. The molecule has 2 heterocycles. The minimum absolute atomic E-state index is 0. The van der Waals surface area contributed by atoms with Gasteiger partial charge in [0, 0.05) is 25.7 Å². The Balaban J connectivity index is 0.000000980. The summed E-state index contributed by atoms with van der Waals surface area (Å²) in [4.78, 5) is 2.40. The maximum Gasteiger partial charge on any atom is 0.103 e. The predicted molar refractivity (Wildman–Crippen MR) is 58.8 cm³/mol. The highest BCUT2D eigenvalue weighted by Gasteiger charge is 2.22. The van der Waals surface area contributed by atoms with E-state index in [9.17, 15) is 4.39 Å². The lowest BCUT2D eigenvalue weighted by Gasteiger charge is -2.30. The van der Waals surface area contributed by atoms with Gasteiger partial charge in [0.15, 0.2) is 0 Å². The molecule has 0 amide bonds. The van der Waals surface area contributed by atoms with Gasteiger partial charge >= 0.3 is 0 Å². The molecule has 1 atom stereocenters. The standard InChI is InChI=1S/C10H19FN2.ClH/c11-9-3-6-13(7-4-9)8-10-2-1-5-12-10;/h9-10,12H,1-8H2;1H/t10-;/m0./s1. The van der Waals surface area contributed by atoms with E-state index in [2.05, 4.69) is 10.2 Å². The van der Waals surface area contributed by atoms with Crippen LogP contribution in [0, 0.1) is 0 Å². The van der Waals surface area contributed by atoms with Crippen LogP contribution >= 0.6 is 12.4 Å². The molecule has 2 aliphatic heterocycles. The van der Waals surface area contributed by atoms with Gasteiger partial charge in [0.25, 0.3) is 0 Å². The van der Waals surface area contributed by atoms with E-state index in [0.29, 0.717) is 6.04 Å². The zero-order chi connectivity index (χ0) is 9.10. The number of nitrogens with zero attached hydrogens (tertiary/aromatic N) is 1. The van der Waals surface area contributed by atoms with Gasteiger partial charge < -0.3 is 10.2 Å². The normalized spacial score (nSPS) is 30.2. The Hall–Kier alpha value is 0.140. The van der Waals surface area contributed by atoms with Gasteiger partial charge in [-0.25, -0.2) is 4.39 Å². The van der Waals surface area contributed by atoms with Crippen LogP contribution in [-0.2, 0) is 0 Å². The van der Waals surface area contributed by atoms with Crippen LogP contribution in [0.25, 0.3) is 0 Å². The SMILES string of the molecule is Cl.FC1CCN(C[C@@H]2CCCN2)CC1. The Kier molecular flexibility index (Phi) is 5.13. The lowest BCUT2D eigenvalue weighted by molar-refractivity contribution is 0.142. The Morgan fingerprint density at radius 2 is 1.93 bits per heavy atom. The van der Waals surface area contributed by atoms with Gasteiger partial charge in [-0.3, -0.25) is 0 Å². The topological polar surface area (TPSA) is 15.3 Å². The van der Waals surface area contributed by atoms with E-state index in [-0.39, 0.29) is 12.4 Å². The molecule has 1 N–H and O–H groups in total. The minimum atomic E-state index is -0.534. The molecule has 84 valence electrons. The van der Waals surface area contributed by atoms with Gasteiger partial charge in [-0.2, -0.15) is 0 Å². The molecule has 0 aliphatic carbocycles. The first-order valence-electron chi connectivity index (χ1n) is 5.44. The zero-order valence-electron chi connectivity index (χ0n) is 8.54. The molecule has 0 aromatic carbocycles. The Morgan fingerprint density at radius 3 is 2.50 bits per heavy atom. The second-order valence-electron chi connectivity index (χ2n) is 4.27. The Morgan fingerprint density at radius 1 is 1.21 bits per heavy atom. The summed E-state index contributed by atoms with van der Waals surface area (Å²) in [6.07, 6.45) is 3.56. The van der Waals surface area contributed by atoms with Crippen molar-refractivity contribution < 1.29 is 4.39 Å². The summed E-state index contributed by atoms with van der Waals surface area (Å²) in [5.74, 6) is 0. The average molecular weight is 223 g/mol. The van der Waals surface area contributed by atoms with Gasteiger partial charge in [-0.15, -0.1) is 12.4 Å². The maximum absolute atomic E-state index is 12.8. The van der Waals surface area contributed by atoms with E-state index in [1.807, 2.05) is 0 Å². The highest BCUT2D eigenvalue weighted by atomic mass is 35.5. The zero-order valence-corrected chi connectivity index (χ0v) is 9.36. The Labute approximate surface area is 91.6 Å². The number of hydrogen-bond acceptors (Lipinski definition) is 2. The average Bonchev–Trinajstić information content (AvgIpc) is 2.62. The largest absolute Gasteiger partial charge is 0.313 e. The monoisotopic (exact) mass is 222 g/mol. The first-order valence-corrected chi connectivity index (χ1v) is 5.44. The summed E-state index contributed by atoms with van der Waals surface area (Å²) < 4.78 is 12.8.